The molecule has 0 aromatic carbocycles. The SMILES string of the molecule is C=CCc1nnc2c(C(=O)Nc3nnc(C)o3)ccc(C(F)(F)F)n12. The number of allylic oxidation sites excluding steroid dienone is 1. The highest BCUT2D eigenvalue weighted by atomic mass is 19.4. The Morgan fingerprint density at radius 3 is 2.68 bits per heavy atom. The van der Waals surface area contributed by atoms with Crippen molar-refractivity contribution in [3.8, 4) is 0 Å². The molecule has 3 aromatic heterocycles. The number of pyridine rings is 1. The first-order chi connectivity index (χ1) is 11.8. The first-order valence-electron chi connectivity index (χ1n) is 6.98. The summed E-state index contributed by atoms with van der Waals surface area (Å²) in [5.74, 6) is -0.510. The zero-order valence-corrected chi connectivity index (χ0v) is 12.8. The van der Waals surface area contributed by atoms with Crippen molar-refractivity contribution in [3.05, 3.63) is 47.8 Å². The fraction of sp³-hybridized carbons (Fsp3) is 0.214. The van der Waals surface area contributed by atoms with Crippen molar-refractivity contribution in [2.24, 2.45) is 0 Å². The summed E-state index contributed by atoms with van der Waals surface area (Å²) >= 11 is 0. The summed E-state index contributed by atoms with van der Waals surface area (Å²) in [4.78, 5) is 12.3. The number of hydrogen-bond donors (Lipinski definition) is 1. The van der Waals surface area contributed by atoms with E-state index < -0.39 is 17.8 Å². The molecule has 3 aromatic rings. The molecule has 0 fully saturated rings. The van der Waals surface area contributed by atoms with Crippen LogP contribution in [-0.4, -0.2) is 30.7 Å². The van der Waals surface area contributed by atoms with Crippen LogP contribution in [0.1, 0.15) is 27.8 Å². The fourth-order valence-electron chi connectivity index (χ4n) is 2.23. The molecule has 3 rings (SSSR count). The van der Waals surface area contributed by atoms with E-state index in [1.54, 1.807) is 0 Å². The Labute approximate surface area is 138 Å². The summed E-state index contributed by atoms with van der Waals surface area (Å²) in [6, 6.07) is 1.63. The van der Waals surface area contributed by atoms with E-state index in [-0.39, 0.29) is 35.4 Å². The van der Waals surface area contributed by atoms with Gasteiger partial charge in [-0.25, -0.2) is 0 Å². The van der Waals surface area contributed by atoms with Crippen LogP contribution in [0.5, 0.6) is 0 Å². The lowest BCUT2D eigenvalue weighted by molar-refractivity contribution is -0.142. The zero-order chi connectivity index (χ0) is 18.2. The third-order valence-corrected chi connectivity index (χ3v) is 3.23. The Kier molecular flexibility index (Phi) is 3.99. The predicted octanol–water partition coefficient (Wildman–Crippen LogP) is 2.42. The maximum absolute atomic E-state index is 13.3. The average molecular weight is 352 g/mol. The number of nitrogens with zero attached hydrogens (tertiary/aromatic N) is 5. The van der Waals surface area contributed by atoms with Gasteiger partial charge in [0.05, 0.1) is 5.56 Å². The number of nitrogens with one attached hydrogen (secondary N) is 1. The summed E-state index contributed by atoms with van der Waals surface area (Å²) in [5, 5.41) is 16.9. The minimum atomic E-state index is -4.64. The molecular weight excluding hydrogens is 341 g/mol. The van der Waals surface area contributed by atoms with Gasteiger partial charge in [-0.15, -0.1) is 21.9 Å². The van der Waals surface area contributed by atoms with Crippen LogP contribution in [0.25, 0.3) is 5.65 Å². The van der Waals surface area contributed by atoms with Crippen LogP contribution in [0.2, 0.25) is 0 Å². The molecule has 25 heavy (non-hydrogen) atoms. The molecule has 0 saturated carbocycles. The number of aromatic nitrogens is 5. The van der Waals surface area contributed by atoms with E-state index in [1.165, 1.54) is 13.0 Å². The third-order valence-electron chi connectivity index (χ3n) is 3.23. The maximum atomic E-state index is 13.3. The van der Waals surface area contributed by atoms with Crippen molar-refractivity contribution in [2.75, 3.05) is 5.32 Å². The van der Waals surface area contributed by atoms with Gasteiger partial charge in [-0.05, 0) is 12.1 Å². The molecular formula is C14H11F3N6O2. The number of carbonyl (C=O) groups excluding carboxylic acids is 1. The molecule has 0 spiro atoms. The van der Waals surface area contributed by atoms with E-state index in [0.717, 1.165) is 16.5 Å². The van der Waals surface area contributed by atoms with E-state index in [4.69, 9.17) is 4.42 Å². The van der Waals surface area contributed by atoms with Crippen molar-refractivity contribution >= 4 is 17.6 Å². The lowest BCUT2D eigenvalue weighted by atomic mass is 10.2. The lowest BCUT2D eigenvalue weighted by Crippen LogP contribution is -2.18. The van der Waals surface area contributed by atoms with Crippen molar-refractivity contribution in [3.63, 3.8) is 0 Å². The van der Waals surface area contributed by atoms with Crippen LogP contribution in [0.4, 0.5) is 19.2 Å². The summed E-state index contributed by atoms with van der Waals surface area (Å²) in [5.41, 5.74) is -1.35. The molecule has 1 amide bonds. The number of fused-ring (bicyclic) bond motifs is 1. The molecule has 0 saturated heterocycles. The van der Waals surface area contributed by atoms with Crippen LogP contribution in [0.15, 0.2) is 29.2 Å². The quantitative estimate of drug-likeness (QED) is 0.724. The van der Waals surface area contributed by atoms with Gasteiger partial charge in [0, 0.05) is 13.3 Å². The Morgan fingerprint density at radius 1 is 1.32 bits per heavy atom. The minimum absolute atomic E-state index is 0.0145. The molecule has 130 valence electrons. The van der Waals surface area contributed by atoms with Gasteiger partial charge in [-0.1, -0.05) is 11.2 Å². The van der Waals surface area contributed by atoms with Gasteiger partial charge < -0.3 is 4.42 Å². The van der Waals surface area contributed by atoms with E-state index in [0.29, 0.717) is 0 Å². The second-order valence-electron chi connectivity index (χ2n) is 4.98. The van der Waals surface area contributed by atoms with E-state index in [9.17, 15) is 18.0 Å². The van der Waals surface area contributed by atoms with Crippen molar-refractivity contribution in [1.82, 2.24) is 24.8 Å². The van der Waals surface area contributed by atoms with E-state index in [2.05, 4.69) is 32.3 Å². The number of amides is 1. The molecule has 0 atom stereocenters. The van der Waals surface area contributed by atoms with Gasteiger partial charge in [0.2, 0.25) is 5.89 Å². The lowest BCUT2D eigenvalue weighted by Gasteiger charge is -2.12. The molecule has 0 radical (unpaired) electrons. The number of halogens is 3. The standard InChI is InChI=1S/C14H11F3N6O2/c1-3-4-10-20-21-11-8(5-6-9(23(10)11)14(15,16)17)12(24)18-13-22-19-7(2)25-13/h3,5-6H,1,4H2,2H3,(H,18,22,24). The minimum Gasteiger partial charge on any atom is -0.408 e. The first kappa shape index (κ1) is 16.6. The molecule has 1 N–H and O–H groups in total. The number of carbonyl (C=O) groups is 1. The topological polar surface area (TPSA) is 98.2 Å². The number of anilines is 1. The van der Waals surface area contributed by atoms with Gasteiger partial charge >= 0.3 is 12.2 Å². The number of aryl methyl sites for hydroxylation is 1. The number of alkyl halides is 3. The molecule has 0 unspecified atom stereocenters. The van der Waals surface area contributed by atoms with Crippen molar-refractivity contribution < 1.29 is 22.4 Å². The Balaban J connectivity index is 2.10. The molecule has 3 heterocycles. The monoisotopic (exact) mass is 352 g/mol. The number of rotatable bonds is 4. The van der Waals surface area contributed by atoms with Crippen LogP contribution in [-0.2, 0) is 12.6 Å². The van der Waals surface area contributed by atoms with Gasteiger partial charge in [-0.2, -0.15) is 13.2 Å². The van der Waals surface area contributed by atoms with Crippen LogP contribution < -0.4 is 5.32 Å². The highest BCUT2D eigenvalue weighted by molar-refractivity contribution is 6.07. The Morgan fingerprint density at radius 2 is 2.08 bits per heavy atom. The molecule has 8 nitrogen and oxygen atoms in total. The third kappa shape index (κ3) is 3.07. The van der Waals surface area contributed by atoms with Crippen LogP contribution in [0.3, 0.4) is 0 Å². The molecule has 11 heteroatoms. The Bertz CT molecular complexity index is 959. The molecule has 0 aliphatic rings. The summed E-state index contributed by atoms with van der Waals surface area (Å²) in [6.45, 7) is 5.01. The smallest absolute Gasteiger partial charge is 0.408 e. The van der Waals surface area contributed by atoms with Gasteiger partial charge in [0.15, 0.2) is 5.65 Å². The maximum Gasteiger partial charge on any atom is 0.431 e. The molecule has 0 aliphatic carbocycles. The van der Waals surface area contributed by atoms with Gasteiger partial charge in [0.1, 0.15) is 11.5 Å². The van der Waals surface area contributed by atoms with Gasteiger partial charge in [0.25, 0.3) is 5.91 Å². The summed E-state index contributed by atoms with van der Waals surface area (Å²) in [6.07, 6.45) is -3.20. The number of hydrogen-bond acceptors (Lipinski definition) is 6. The highest BCUT2D eigenvalue weighted by Gasteiger charge is 2.35. The first-order valence-corrected chi connectivity index (χ1v) is 6.98. The average Bonchev–Trinajstić information content (AvgIpc) is 3.13. The fourth-order valence-corrected chi connectivity index (χ4v) is 2.23. The van der Waals surface area contributed by atoms with Crippen LogP contribution >= 0.6 is 0 Å². The van der Waals surface area contributed by atoms with Crippen molar-refractivity contribution in [1.29, 1.82) is 0 Å². The normalized spacial score (nSPS) is 11.7. The predicted molar refractivity (Wildman–Crippen MR) is 78.9 cm³/mol. The molecule has 0 bridgehead atoms. The second-order valence-corrected chi connectivity index (χ2v) is 4.98. The largest absolute Gasteiger partial charge is 0.431 e. The second kappa shape index (κ2) is 6.00. The zero-order valence-electron chi connectivity index (χ0n) is 12.8. The Hall–Kier alpha value is -3.24. The summed E-state index contributed by atoms with van der Waals surface area (Å²) < 4.78 is 45.6. The molecule has 0 aliphatic heterocycles. The summed E-state index contributed by atoms with van der Waals surface area (Å²) in [7, 11) is 0. The van der Waals surface area contributed by atoms with Crippen molar-refractivity contribution in [2.45, 2.75) is 19.5 Å². The van der Waals surface area contributed by atoms with E-state index >= 15 is 0 Å². The van der Waals surface area contributed by atoms with Gasteiger partial charge in [-0.3, -0.25) is 14.5 Å². The van der Waals surface area contributed by atoms with Crippen LogP contribution in [0, 0.1) is 6.92 Å². The van der Waals surface area contributed by atoms with E-state index in [1.807, 2.05) is 0 Å². The highest BCUT2D eigenvalue weighted by Crippen LogP contribution is 2.31.